The Kier molecular flexibility index (Phi) is 6.00. The summed E-state index contributed by atoms with van der Waals surface area (Å²) >= 11 is 5.93. The van der Waals surface area contributed by atoms with Crippen molar-refractivity contribution in [3.8, 4) is 11.5 Å². The fraction of sp³-hybridized carbons (Fsp3) is 0.211. The molecule has 2 heterocycles. The molecule has 1 amide bonds. The van der Waals surface area contributed by atoms with Crippen LogP contribution in [0.3, 0.4) is 0 Å². The number of amides is 1. The van der Waals surface area contributed by atoms with Crippen molar-refractivity contribution in [2.75, 3.05) is 20.8 Å². The van der Waals surface area contributed by atoms with Gasteiger partial charge in [0.2, 0.25) is 0 Å². The molecule has 8 nitrogen and oxygen atoms in total. The van der Waals surface area contributed by atoms with E-state index in [0.717, 1.165) is 0 Å². The van der Waals surface area contributed by atoms with E-state index in [4.69, 9.17) is 25.8 Å². The third-order valence-corrected chi connectivity index (χ3v) is 4.08. The number of aromatic nitrogens is 2. The average Bonchev–Trinajstić information content (AvgIpc) is 3.11. The fourth-order valence-corrected chi connectivity index (χ4v) is 2.65. The molecule has 3 rings (SSSR count). The van der Waals surface area contributed by atoms with E-state index in [-0.39, 0.29) is 13.2 Å². The molecule has 1 aromatic carbocycles. The van der Waals surface area contributed by atoms with Crippen LogP contribution in [0.1, 0.15) is 16.1 Å². The molecule has 1 N–H and O–H groups in total. The first-order valence-electron chi connectivity index (χ1n) is 8.28. The van der Waals surface area contributed by atoms with Gasteiger partial charge < -0.3 is 23.9 Å². The average molecular weight is 404 g/mol. The number of esters is 1. The Hall–Kier alpha value is -3.26. The van der Waals surface area contributed by atoms with Crippen LogP contribution in [0.4, 0.5) is 0 Å². The van der Waals surface area contributed by atoms with Crippen molar-refractivity contribution < 1.29 is 23.8 Å². The van der Waals surface area contributed by atoms with Crippen LogP contribution < -0.4 is 14.8 Å². The lowest BCUT2D eigenvalue weighted by molar-refractivity contribution is -0.143. The molecular weight excluding hydrogens is 386 g/mol. The van der Waals surface area contributed by atoms with Gasteiger partial charge in [-0.05, 0) is 24.3 Å². The first-order valence-corrected chi connectivity index (χ1v) is 8.66. The number of hydrogen-bond acceptors (Lipinski definition) is 6. The zero-order chi connectivity index (χ0) is 20.1. The van der Waals surface area contributed by atoms with Gasteiger partial charge in [0.25, 0.3) is 5.91 Å². The third kappa shape index (κ3) is 4.72. The van der Waals surface area contributed by atoms with E-state index in [2.05, 4.69) is 10.3 Å². The molecule has 3 aromatic rings. The highest BCUT2D eigenvalue weighted by Gasteiger charge is 2.13. The summed E-state index contributed by atoms with van der Waals surface area (Å²) < 4.78 is 17.1. The molecule has 0 aliphatic heterocycles. The van der Waals surface area contributed by atoms with E-state index in [0.29, 0.717) is 33.4 Å². The monoisotopic (exact) mass is 403 g/mol. The number of benzene rings is 1. The van der Waals surface area contributed by atoms with Gasteiger partial charge in [0.15, 0.2) is 0 Å². The van der Waals surface area contributed by atoms with Crippen LogP contribution in [0, 0.1) is 0 Å². The van der Waals surface area contributed by atoms with E-state index < -0.39 is 11.9 Å². The van der Waals surface area contributed by atoms with E-state index in [1.807, 2.05) is 0 Å². The number of carbonyl (C=O) groups excluding carboxylic acids is 2. The minimum absolute atomic E-state index is 0.0129. The van der Waals surface area contributed by atoms with Crippen LogP contribution in [0.25, 0.3) is 5.65 Å². The number of carbonyl (C=O) groups is 2. The summed E-state index contributed by atoms with van der Waals surface area (Å²) in [6.07, 6.45) is 3.42. The maximum absolute atomic E-state index is 12.3. The fourth-order valence-electron chi connectivity index (χ4n) is 2.49. The second-order valence-corrected chi connectivity index (χ2v) is 6.23. The number of halogens is 1. The van der Waals surface area contributed by atoms with E-state index in [1.54, 1.807) is 47.1 Å². The minimum Gasteiger partial charge on any atom is -0.497 e. The molecule has 9 heteroatoms. The van der Waals surface area contributed by atoms with Gasteiger partial charge in [-0.15, -0.1) is 0 Å². The number of hydrogen-bond donors (Lipinski definition) is 1. The lowest BCUT2D eigenvalue weighted by Crippen LogP contribution is -2.30. The van der Waals surface area contributed by atoms with Crippen LogP contribution in [0.2, 0.25) is 5.02 Å². The van der Waals surface area contributed by atoms with E-state index in [9.17, 15) is 9.59 Å². The lowest BCUT2D eigenvalue weighted by Gasteiger charge is -2.09. The van der Waals surface area contributed by atoms with Crippen molar-refractivity contribution in [3.05, 3.63) is 59.0 Å². The Morgan fingerprint density at radius 1 is 1.11 bits per heavy atom. The van der Waals surface area contributed by atoms with Crippen molar-refractivity contribution in [2.24, 2.45) is 0 Å². The van der Waals surface area contributed by atoms with Crippen molar-refractivity contribution in [1.29, 1.82) is 0 Å². The van der Waals surface area contributed by atoms with Gasteiger partial charge in [-0.25, -0.2) is 4.98 Å². The van der Waals surface area contributed by atoms with Gasteiger partial charge in [-0.2, -0.15) is 0 Å². The number of ether oxygens (including phenoxy) is 3. The van der Waals surface area contributed by atoms with Gasteiger partial charge >= 0.3 is 5.97 Å². The predicted molar refractivity (Wildman–Crippen MR) is 102 cm³/mol. The summed E-state index contributed by atoms with van der Waals surface area (Å²) in [5.74, 6) is -0.0899. The molecular formula is C19H18ClN3O5. The molecule has 28 heavy (non-hydrogen) atoms. The highest BCUT2D eigenvalue weighted by molar-refractivity contribution is 6.30. The summed E-state index contributed by atoms with van der Waals surface area (Å²) in [5, 5.41) is 3.08. The zero-order valence-electron chi connectivity index (χ0n) is 15.3. The molecule has 0 aliphatic carbocycles. The summed E-state index contributed by atoms with van der Waals surface area (Å²) in [7, 11) is 2.97. The molecule has 0 radical (unpaired) electrons. The van der Waals surface area contributed by atoms with Gasteiger partial charge in [0, 0.05) is 24.0 Å². The van der Waals surface area contributed by atoms with Crippen LogP contribution >= 0.6 is 11.6 Å². The standard InChI is InChI=1S/C19H18ClN3O5/c1-26-15-5-12(6-16(7-15)27-2)19(25)21-8-18(24)28-11-14-10-23-9-13(20)3-4-17(23)22-14/h3-7,9-10H,8,11H2,1-2H3,(H,21,25). The zero-order valence-corrected chi connectivity index (χ0v) is 16.0. The normalized spacial score (nSPS) is 10.5. The molecule has 0 aliphatic rings. The molecule has 146 valence electrons. The number of pyridine rings is 1. The van der Waals surface area contributed by atoms with Gasteiger partial charge in [-0.1, -0.05) is 11.6 Å². The van der Waals surface area contributed by atoms with Gasteiger partial charge in [0.05, 0.1) is 24.9 Å². The molecule has 2 aromatic heterocycles. The number of methoxy groups -OCH3 is 2. The third-order valence-electron chi connectivity index (χ3n) is 3.85. The highest BCUT2D eigenvalue weighted by Crippen LogP contribution is 2.22. The van der Waals surface area contributed by atoms with Crippen LogP contribution in [-0.4, -0.2) is 42.0 Å². The largest absolute Gasteiger partial charge is 0.497 e. The predicted octanol–water partition coefficient (Wildman–Crippen LogP) is 2.48. The van der Waals surface area contributed by atoms with Gasteiger partial charge in [-0.3, -0.25) is 9.59 Å². The molecule has 0 fully saturated rings. The number of imidazole rings is 1. The smallest absolute Gasteiger partial charge is 0.325 e. The summed E-state index contributed by atoms with van der Waals surface area (Å²) in [5.41, 5.74) is 1.57. The van der Waals surface area contributed by atoms with Crippen molar-refractivity contribution >= 4 is 29.1 Å². The van der Waals surface area contributed by atoms with Crippen molar-refractivity contribution in [2.45, 2.75) is 6.61 Å². The first kappa shape index (κ1) is 19.5. The number of rotatable bonds is 7. The Balaban J connectivity index is 1.54. The highest BCUT2D eigenvalue weighted by atomic mass is 35.5. The number of nitrogens with one attached hydrogen (secondary N) is 1. The maximum atomic E-state index is 12.3. The molecule has 0 saturated heterocycles. The second-order valence-electron chi connectivity index (χ2n) is 5.79. The van der Waals surface area contributed by atoms with E-state index >= 15 is 0 Å². The maximum Gasteiger partial charge on any atom is 0.325 e. The lowest BCUT2D eigenvalue weighted by atomic mass is 10.2. The topological polar surface area (TPSA) is 91.2 Å². The Labute approximate surface area is 166 Å². The molecule has 0 bridgehead atoms. The minimum atomic E-state index is -0.585. The summed E-state index contributed by atoms with van der Waals surface area (Å²) in [6, 6.07) is 8.22. The van der Waals surface area contributed by atoms with E-state index in [1.165, 1.54) is 14.2 Å². The van der Waals surface area contributed by atoms with Crippen molar-refractivity contribution in [3.63, 3.8) is 0 Å². The summed E-state index contributed by atoms with van der Waals surface area (Å²) in [6.45, 7) is -0.293. The first-order chi connectivity index (χ1) is 13.5. The molecule has 0 atom stereocenters. The SMILES string of the molecule is COc1cc(OC)cc(C(=O)NCC(=O)OCc2cn3cc(Cl)ccc3n2)c1. The molecule has 0 saturated carbocycles. The molecule has 0 unspecified atom stereocenters. The Morgan fingerprint density at radius 2 is 1.82 bits per heavy atom. The number of fused-ring (bicyclic) bond motifs is 1. The molecule has 0 spiro atoms. The van der Waals surface area contributed by atoms with Gasteiger partial charge in [0.1, 0.15) is 30.3 Å². The van der Waals surface area contributed by atoms with Crippen molar-refractivity contribution in [1.82, 2.24) is 14.7 Å². The van der Waals surface area contributed by atoms with Crippen LogP contribution in [0.15, 0.2) is 42.7 Å². The summed E-state index contributed by atoms with van der Waals surface area (Å²) in [4.78, 5) is 28.5. The van der Waals surface area contributed by atoms with Crippen LogP contribution in [-0.2, 0) is 16.1 Å². The second kappa shape index (κ2) is 8.62. The Bertz CT molecular complexity index is 996. The Morgan fingerprint density at radius 3 is 2.50 bits per heavy atom. The van der Waals surface area contributed by atoms with Crippen LogP contribution in [0.5, 0.6) is 11.5 Å². The number of nitrogens with zero attached hydrogens (tertiary/aromatic N) is 2. The quantitative estimate of drug-likeness (QED) is 0.609.